The highest BCUT2D eigenvalue weighted by Crippen LogP contribution is 2.23. The molecule has 0 aliphatic heterocycles. The minimum absolute atomic E-state index is 0.0627. The number of benzene rings is 1. The number of rotatable bonds is 3. The molecule has 0 fully saturated rings. The maximum atomic E-state index is 11.9. The summed E-state index contributed by atoms with van der Waals surface area (Å²) in [5, 5.41) is 18.0. The van der Waals surface area contributed by atoms with Crippen LogP contribution in [-0.4, -0.2) is 22.1 Å². The number of anilines is 1. The zero-order valence-electron chi connectivity index (χ0n) is 10.4. The van der Waals surface area contributed by atoms with Gasteiger partial charge in [0.25, 0.3) is 5.91 Å². The average molecular weight is 295 g/mol. The number of aryl methyl sites for hydroxylation is 1. The van der Waals surface area contributed by atoms with Crippen LogP contribution in [0.2, 0.25) is 5.02 Å². The maximum absolute atomic E-state index is 11.9. The van der Waals surface area contributed by atoms with Gasteiger partial charge in [-0.25, -0.2) is 0 Å². The predicted octanol–water partition coefficient (Wildman–Crippen LogP) is 1.98. The molecular weight excluding hydrogens is 284 g/mol. The highest BCUT2D eigenvalue weighted by Gasteiger charge is 2.14. The molecule has 7 nitrogen and oxygen atoms in total. The van der Waals surface area contributed by atoms with Crippen LogP contribution in [0.15, 0.2) is 33.9 Å². The Bertz CT molecular complexity index is 681. The molecule has 0 unspecified atom stereocenters. The van der Waals surface area contributed by atoms with Crippen LogP contribution in [0.5, 0.6) is 0 Å². The van der Waals surface area contributed by atoms with Crippen LogP contribution in [0.1, 0.15) is 21.8 Å². The molecule has 0 bridgehead atoms. The van der Waals surface area contributed by atoms with Crippen molar-refractivity contribution in [2.45, 2.75) is 6.92 Å². The number of nitrogens with one attached hydrogen (secondary N) is 1. The van der Waals surface area contributed by atoms with Gasteiger partial charge in [0.05, 0.1) is 16.4 Å². The fraction of sp³-hybridized carbons (Fsp3) is 0.0833. The largest absolute Gasteiger partial charge is 0.409 e. The van der Waals surface area contributed by atoms with Crippen molar-refractivity contribution >= 4 is 29.0 Å². The lowest BCUT2D eigenvalue weighted by Gasteiger charge is -2.07. The number of hydrogen-bond donors (Lipinski definition) is 3. The number of aromatic nitrogens is 1. The first-order chi connectivity index (χ1) is 9.51. The lowest BCUT2D eigenvalue weighted by atomic mass is 10.2. The highest BCUT2D eigenvalue weighted by atomic mass is 35.5. The van der Waals surface area contributed by atoms with E-state index in [9.17, 15) is 4.79 Å². The van der Waals surface area contributed by atoms with E-state index in [1.165, 1.54) is 18.2 Å². The molecule has 104 valence electrons. The van der Waals surface area contributed by atoms with Gasteiger partial charge in [0.2, 0.25) is 5.76 Å². The second-order valence-electron chi connectivity index (χ2n) is 3.97. The Balaban J connectivity index is 2.26. The van der Waals surface area contributed by atoms with E-state index in [4.69, 9.17) is 27.1 Å². The Hall–Kier alpha value is -2.54. The van der Waals surface area contributed by atoms with E-state index < -0.39 is 5.91 Å². The lowest BCUT2D eigenvalue weighted by Crippen LogP contribution is -2.15. The average Bonchev–Trinajstić information content (AvgIpc) is 2.87. The highest BCUT2D eigenvalue weighted by molar-refractivity contribution is 6.34. The summed E-state index contributed by atoms with van der Waals surface area (Å²) in [5.74, 6) is -0.524. The van der Waals surface area contributed by atoms with E-state index in [1.54, 1.807) is 13.0 Å². The summed E-state index contributed by atoms with van der Waals surface area (Å²) in [6.07, 6.45) is 0. The van der Waals surface area contributed by atoms with Crippen LogP contribution in [-0.2, 0) is 0 Å². The summed E-state index contributed by atoms with van der Waals surface area (Å²) in [7, 11) is 0. The molecule has 4 N–H and O–H groups in total. The van der Waals surface area contributed by atoms with Gasteiger partial charge in [-0.2, -0.15) is 0 Å². The van der Waals surface area contributed by atoms with Crippen molar-refractivity contribution in [1.82, 2.24) is 5.16 Å². The number of carbonyl (C=O) groups is 1. The SMILES string of the molecule is Cc1cc(C(=O)Nc2cc(/C(N)=N/O)ccc2Cl)on1. The lowest BCUT2D eigenvalue weighted by molar-refractivity contribution is 0.0988. The molecule has 2 aromatic rings. The van der Waals surface area contributed by atoms with Gasteiger partial charge in [0, 0.05) is 11.6 Å². The number of oxime groups is 1. The molecular formula is C12H11ClN4O3. The van der Waals surface area contributed by atoms with Gasteiger partial charge in [0.1, 0.15) is 0 Å². The molecule has 0 aliphatic carbocycles. The molecule has 0 spiro atoms. The molecule has 1 aromatic carbocycles. The van der Waals surface area contributed by atoms with E-state index in [0.29, 0.717) is 22.0 Å². The van der Waals surface area contributed by atoms with Gasteiger partial charge in [0.15, 0.2) is 5.84 Å². The number of carbonyl (C=O) groups excluding carboxylic acids is 1. The normalized spacial score (nSPS) is 11.4. The van der Waals surface area contributed by atoms with Crippen LogP contribution in [0.25, 0.3) is 0 Å². The van der Waals surface area contributed by atoms with E-state index >= 15 is 0 Å². The van der Waals surface area contributed by atoms with E-state index in [0.717, 1.165) is 0 Å². The number of nitrogens with zero attached hydrogens (tertiary/aromatic N) is 2. The predicted molar refractivity (Wildman–Crippen MR) is 73.2 cm³/mol. The van der Waals surface area contributed by atoms with Gasteiger partial charge in [-0.05, 0) is 25.1 Å². The van der Waals surface area contributed by atoms with Crippen molar-refractivity contribution in [1.29, 1.82) is 0 Å². The van der Waals surface area contributed by atoms with Crippen LogP contribution in [0.4, 0.5) is 5.69 Å². The summed E-state index contributed by atoms with van der Waals surface area (Å²) in [4.78, 5) is 11.9. The summed E-state index contributed by atoms with van der Waals surface area (Å²) < 4.78 is 4.84. The fourth-order valence-electron chi connectivity index (χ4n) is 1.49. The molecule has 0 saturated carbocycles. The first kappa shape index (κ1) is 13.9. The summed E-state index contributed by atoms with van der Waals surface area (Å²) in [6, 6.07) is 6.07. The van der Waals surface area contributed by atoms with Crippen LogP contribution < -0.4 is 11.1 Å². The number of amidine groups is 1. The molecule has 8 heteroatoms. The van der Waals surface area contributed by atoms with Crippen molar-refractivity contribution in [2.75, 3.05) is 5.32 Å². The van der Waals surface area contributed by atoms with E-state index in [-0.39, 0.29) is 11.6 Å². The number of amides is 1. The molecule has 0 radical (unpaired) electrons. The molecule has 2 rings (SSSR count). The number of halogens is 1. The molecule has 0 aliphatic rings. The van der Waals surface area contributed by atoms with Gasteiger partial charge in [-0.15, -0.1) is 0 Å². The Morgan fingerprint density at radius 2 is 2.25 bits per heavy atom. The minimum atomic E-state index is -0.496. The topological polar surface area (TPSA) is 114 Å². The number of hydrogen-bond acceptors (Lipinski definition) is 5. The first-order valence-corrected chi connectivity index (χ1v) is 5.91. The second-order valence-corrected chi connectivity index (χ2v) is 4.37. The molecule has 1 amide bonds. The third-order valence-electron chi connectivity index (χ3n) is 2.47. The smallest absolute Gasteiger partial charge is 0.294 e. The monoisotopic (exact) mass is 294 g/mol. The zero-order valence-corrected chi connectivity index (χ0v) is 11.2. The minimum Gasteiger partial charge on any atom is -0.409 e. The van der Waals surface area contributed by atoms with Crippen molar-refractivity contribution < 1.29 is 14.5 Å². The third-order valence-corrected chi connectivity index (χ3v) is 2.80. The first-order valence-electron chi connectivity index (χ1n) is 5.53. The van der Waals surface area contributed by atoms with Crippen molar-refractivity contribution in [2.24, 2.45) is 10.9 Å². The third kappa shape index (κ3) is 2.89. The Labute approximate surface area is 119 Å². The van der Waals surface area contributed by atoms with Gasteiger partial charge >= 0.3 is 0 Å². The van der Waals surface area contributed by atoms with Crippen molar-refractivity contribution in [3.05, 3.63) is 46.3 Å². The molecule has 0 saturated heterocycles. The Morgan fingerprint density at radius 3 is 2.85 bits per heavy atom. The Morgan fingerprint density at radius 1 is 1.50 bits per heavy atom. The zero-order chi connectivity index (χ0) is 14.7. The van der Waals surface area contributed by atoms with Crippen LogP contribution in [0.3, 0.4) is 0 Å². The number of nitrogens with two attached hydrogens (primary N) is 1. The fourth-order valence-corrected chi connectivity index (χ4v) is 1.66. The summed E-state index contributed by atoms with van der Waals surface area (Å²) in [5.41, 5.74) is 6.80. The molecule has 20 heavy (non-hydrogen) atoms. The van der Waals surface area contributed by atoms with Crippen LogP contribution >= 0.6 is 11.6 Å². The summed E-state index contributed by atoms with van der Waals surface area (Å²) >= 11 is 5.98. The van der Waals surface area contributed by atoms with E-state index in [1.807, 2.05) is 0 Å². The molecule has 1 heterocycles. The molecule has 1 aromatic heterocycles. The van der Waals surface area contributed by atoms with Gasteiger partial charge in [-0.1, -0.05) is 21.9 Å². The quantitative estimate of drug-likeness (QED) is 0.347. The van der Waals surface area contributed by atoms with Crippen LogP contribution in [0, 0.1) is 6.92 Å². The van der Waals surface area contributed by atoms with E-state index in [2.05, 4.69) is 15.6 Å². The molecule has 0 atom stereocenters. The van der Waals surface area contributed by atoms with Crippen molar-refractivity contribution in [3.63, 3.8) is 0 Å². The summed E-state index contributed by atoms with van der Waals surface area (Å²) in [6.45, 7) is 1.70. The Kier molecular flexibility index (Phi) is 3.90. The maximum Gasteiger partial charge on any atom is 0.294 e. The van der Waals surface area contributed by atoms with Gasteiger partial charge in [-0.3, -0.25) is 4.79 Å². The van der Waals surface area contributed by atoms with Gasteiger partial charge < -0.3 is 20.8 Å². The standard InChI is InChI=1S/C12H11ClN4O3/c1-6-4-10(20-17-6)12(18)15-9-5-7(11(14)16-19)2-3-8(9)13/h2-5,19H,1H3,(H2,14,16)(H,15,18). The van der Waals surface area contributed by atoms with Crippen molar-refractivity contribution in [3.8, 4) is 0 Å². The second kappa shape index (κ2) is 5.62.